The van der Waals surface area contributed by atoms with Crippen molar-refractivity contribution in [2.45, 2.75) is 58.0 Å². The number of methoxy groups -OCH3 is 1. The van der Waals surface area contributed by atoms with Crippen LogP contribution in [-0.2, 0) is 9.53 Å². The highest BCUT2D eigenvalue weighted by Gasteiger charge is 2.33. The van der Waals surface area contributed by atoms with E-state index in [0.717, 1.165) is 6.42 Å². The van der Waals surface area contributed by atoms with Gasteiger partial charge in [0.2, 0.25) is 0 Å². The first-order valence-electron chi connectivity index (χ1n) is 5.82. The monoisotopic (exact) mass is 213 g/mol. The van der Waals surface area contributed by atoms with Crippen LogP contribution in [0, 0.1) is 5.92 Å². The number of carbonyl (C=O) groups excluding carboxylic acids is 1. The number of nitrogens with one attached hydrogen (secondary N) is 1. The molecule has 0 aromatic rings. The lowest BCUT2D eigenvalue weighted by Gasteiger charge is -2.42. The minimum Gasteiger partial charge on any atom is -0.469 e. The molecule has 0 aromatic carbocycles. The summed E-state index contributed by atoms with van der Waals surface area (Å²) in [6, 6.07) is 0.379. The highest BCUT2D eigenvalue weighted by Crippen LogP contribution is 2.31. The van der Waals surface area contributed by atoms with Crippen LogP contribution in [0.3, 0.4) is 0 Å². The van der Waals surface area contributed by atoms with Gasteiger partial charge in [-0.2, -0.15) is 0 Å². The third-order valence-corrected chi connectivity index (χ3v) is 3.36. The molecule has 1 aliphatic rings. The van der Waals surface area contributed by atoms with E-state index in [1.165, 1.54) is 26.4 Å². The topological polar surface area (TPSA) is 38.3 Å². The van der Waals surface area contributed by atoms with Gasteiger partial charge in [0.25, 0.3) is 0 Å². The van der Waals surface area contributed by atoms with Gasteiger partial charge in [-0.1, -0.05) is 6.92 Å². The van der Waals surface area contributed by atoms with Crippen molar-refractivity contribution in [1.82, 2.24) is 5.32 Å². The molecular weight excluding hydrogens is 190 g/mol. The maximum absolute atomic E-state index is 11.2. The van der Waals surface area contributed by atoms with Gasteiger partial charge >= 0.3 is 5.97 Å². The van der Waals surface area contributed by atoms with Gasteiger partial charge in [-0.3, -0.25) is 4.79 Å². The van der Waals surface area contributed by atoms with E-state index in [-0.39, 0.29) is 11.9 Å². The van der Waals surface area contributed by atoms with Crippen molar-refractivity contribution in [3.63, 3.8) is 0 Å². The summed E-state index contributed by atoms with van der Waals surface area (Å²) < 4.78 is 4.72. The summed E-state index contributed by atoms with van der Waals surface area (Å²) in [5.74, 6) is -0.122. The first-order chi connectivity index (χ1) is 6.97. The minimum atomic E-state index is -0.109. The Morgan fingerprint density at radius 3 is 2.47 bits per heavy atom. The fourth-order valence-corrected chi connectivity index (χ4v) is 2.33. The summed E-state index contributed by atoms with van der Waals surface area (Å²) in [4.78, 5) is 11.2. The zero-order valence-corrected chi connectivity index (χ0v) is 10.3. The molecule has 3 heteroatoms. The van der Waals surface area contributed by atoms with E-state index >= 15 is 0 Å². The smallest absolute Gasteiger partial charge is 0.308 e. The standard InChI is InChI=1S/C12H23NO2/c1-9(11(14)15-4)8-10(2)13-12(3)6-5-7-12/h9-10,13H,5-8H2,1-4H3. The zero-order chi connectivity index (χ0) is 11.5. The number of hydrogen-bond acceptors (Lipinski definition) is 3. The lowest BCUT2D eigenvalue weighted by molar-refractivity contribution is -0.145. The van der Waals surface area contributed by atoms with Gasteiger partial charge in [0, 0.05) is 11.6 Å². The van der Waals surface area contributed by atoms with Crippen LogP contribution in [0.1, 0.15) is 46.5 Å². The van der Waals surface area contributed by atoms with Crippen molar-refractivity contribution in [3.05, 3.63) is 0 Å². The highest BCUT2D eigenvalue weighted by atomic mass is 16.5. The minimum absolute atomic E-state index is 0.0128. The van der Waals surface area contributed by atoms with Crippen LogP contribution < -0.4 is 5.32 Å². The summed E-state index contributed by atoms with van der Waals surface area (Å²) in [5.41, 5.74) is 0.315. The molecule has 15 heavy (non-hydrogen) atoms. The molecule has 1 saturated carbocycles. The number of carbonyl (C=O) groups is 1. The van der Waals surface area contributed by atoms with Crippen LogP contribution in [0.4, 0.5) is 0 Å². The molecule has 1 N–H and O–H groups in total. The molecule has 2 unspecified atom stereocenters. The molecule has 0 aliphatic heterocycles. The van der Waals surface area contributed by atoms with E-state index in [1.54, 1.807) is 0 Å². The molecule has 88 valence electrons. The zero-order valence-electron chi connectivity index (χ0n) is 10.3. The van der Waals surface area contributed by atoms with Crippen molar-refractivity contribution in [2.75, 3.05) is 7.11 Å². The Bertz CT molecular complexity index is 224. The van der Waals surface area contributed by atoms with Crippen LogP contribution >= 0.6 is 0 Å². The molecule has 2 atom stereocenters. The maximum atomic E-state index is 11.2. The van der Waals surface area contributed by atoms with E-state index in [2.05, 4.69) is 19.2 Å². The third-order valence-electron chi connectivity index (χ3n) is 3.36. The molecule has 0 saturated heterocycles. The van der Waals surface area contributed by atoms with E-state index in [1.807, 2.05) is 6.92 Å². The van der Waals surface area contributed by atoms with E-state index in [0.29, 0.717) is 11.6 Å². The van der Waals surface area contributed by atoms with Crippen LogP contribution in [0.25, 0.3) is 0 Å². The van der Waals surface area contributed by atoms with Gasteiger partial charge in [-0.15, -0.1) is 0 Å². The van der Waals surface area contributed by atoms with Gasteiger partial charge in [0.15, 0.2) is 0 Å². The second-order valence-corrected chi connectivity index (χ2v) is 5.12. The van der Waals surface area contributed by atoms with Gasteiger partial charge in [0.1, 0.15) is 0 Å². The van der Waals surface area contributed by atoms with Gasteiger partial charge in [-0.05, 0) is 39.5 Å². The Labute approximate surface area is 92.6 Å². The molecule has 0 spiro atoms. The lowest BCUT2D eigenvalue weighted by atomic mass is 9.78. The van der Waals surface area contributed by atoms with Crippen molar-refractivity contribution in [3.8, 4) is 0 Å². The average Bonchev–Trinajstić information content (AvgIpc) is 2.13. The molecule has 1 aliphatic carbocycles. The number of esters is 1. The van der Waals surface area contributed by atoms with E-state index in [9.17, 15) is 4.79 Å². The normalized spacial score (nSPS) is 22.7. The molecule has 1 fully saturated rings. The Balaban J connectivity index is 2.28. The molecule has 0 bridgehead atoms. The molecule has 3 nitrogen and oxygen atoms in total. The fraction of sp³-hybridized carbons (Fsp3) is 0.917. The lowest BCUT2D eigenvalue weighted by Crippen LogP contribution is -2.52. The van der Waals surface area contributed by atoms with Crippen molar-refractivity contribution in [1.29, 1.82) is 0 Å². The predicted molar refractivity (Wildman–Crippen MR) is 60.7 cm³/mol. The SMILES string of the molecule is COC(=O)C(C)CC(C)NC1(C)CCC1. The molecule has 0 heterocycles. The molecule has 1 rings (SSSR count). The van der Waals surface area contributed by atoms with Gasteiger partial charge in [-0.25, -0.2) is 0 Å². The fourth-order valence-electron chi connectivity index (χ4n) is 2.33. The maximum Gasteiger partial charge on any atom is 0.308 e. The van der Waals surface area contributed by atoms with Crippen LogP contribution in [-0.4, -0.2) is 24.7 Å². The largest absolute Gasteiger partial charge is 0.469 e. The van der Waals surface area contributed by atoms with Gasteiger partial charge < -0.3 is 10.1 Å². The third kappa shape index (κ3) is 3.49. The molecule has 0 aromatic heterocycles. The van der Waals surface area contributed by atoms with Crippen molar-refractivity contribution in [2.24, 2.45) is 5.92 Å². The second kappa shape index (κ2) is 4.97. The predicted octanol–water partition coefficient (Wildman–Crippen LogP) is 2.11. The summed E-state index contributed by atoms with van der Waals surface area (Å²) in [6.07, 6.45) is 4.68. The molecule has 0 amide bonds. The van der Waals surface area contributed by atoms with Gasteiger partial charge in [0.05, 0.1) is 13.0 Å². The molecular formula is C12H23NO2. The highest BCUT2D eigenvalue weighted by molar-refractivity contribution is 5.71. The van der Waals surface area contributed by atoms with E-state index < -0.39 is 0 Å². The Morgan fingerprint density at radius 1 is 1.47 bits per heavy atom. The van der Waals surface area contributed by atoms with Crippen LogP contribution in [0.2, 0.25) is 0 Å². The van der Waals surface area contributed by atoms with Crippen LogP contribution in [0.15, 0.2) is 0 Å². The second-order valence-electron chi connectivity index (χ2n) is 5.12. The van der Waals surface area contributed by atoms with Crippen molar-refractivity contribution < 1.29 is 9.53 Å². The summed E-state index contributed by atoms with van der Waals surface area (Å²) in [6.45, 7) is 6.33. The summed E-state index contributed by atoms with van der Waals surface area (Å²) in [5, 5.41) is 3.59. The summed E-state index contributed by atoms with van der Waals surface area (Å²) >= 11 is 0. The first-order valence-corrected chi connectivity index (χ1v) is 5.82. The quantitative estimate of drug-likeness (QED) is 0.711. The van der Waals surface area contributed by atoms with E-state index in [4.69, 9.17) is 4.74 Å². The number of hydrogen-bond donors (Lipinski definition) is 1. The van der Waals surface area contributed by atoms with Crippen molar-refractivity contribution >= 4 is 5.97 Å². The Kier molecular flexibility index (Phi) is 4.14. The number of ether oxygens (including phenoxy) is 1. The number of rotatable bonds is 5. The Morgan fingerprint density at radius 2 is 2.07 bits per heavy atom. The van der Waals surface area contributed by atoms with Crippen LogP contribution in [0.5, 0.6) is 0 Å². The average molecular weight is 213 g/mol. The summed E-state index contributed by atoms with van der Waals surface area (Å²) in [7, 11) is 1.45. The molecule has 0 radical (unpaired) electrons. The first kappa shape index (κ1) is 12.5. The Hall–Kier alpha value is -0.570.